The maximum Gasteiger partial charge on any atom is 0.00651 e. The zero-order valence-electron chi connectivity index (χ0n) is 6.45. The molecule has 0 radical (unpaired) electrons. The summed E-state index contributed by atoms with van der Waals surface area (Å²) in [4.78, 5) is 0. The van der Waals surface area contributed by atoms with E-state index in [9.17, 15) is 0 Å². The monoisotopic (exact) mass is 190 g/mol. The van der Waals surface area contributed by atoms with Gasteiger partial charge in [-0.1, -0.05) is 36.7 Å². The largest absolute Gasteiger partial charge is 0.0925 e. The molecule has 0 nitrogen and oxygen atoms in total. The van der Waals surface area contributed by atoms with Crippen molar-refractivity contribution in [1.82, 2.24) is 0 Å². The van der Waals surface area contributed by atoms with Crippen LogP contribution in [0.15, 0.2) is 0 Å². The average Bonchev–Trinajstić information content (AvgIpc) is 2.44. The van der Waals surface area contributed by atoms with E-state index in [1.807, 2.05) is 0 Å². The van der Waals surface area contributed by atoms with E-state index < -0.39 is 0 Å². The smallest absolute Gasteiger partial charge is 0.00651 e. The summed E-state index contributed by atoms with van der Waals surface area (Å²) >= 11 is 3.52. The van der Waals surface area contributed by atoms with Gasteiger partial charge in [-0.25, -0.2) is 0 Å². The molecule has 0 N–H and O–H groups in total. The summed E-state index contributed by atoms with van der Waals surface area (Å²) in [5.41, 5.74) is 0.670. The van der Waals surface area contributed by atoms with Gasteiger partial charge in [-0.15, -0.1) is 0 Å². The first-order valence-electron chi connectivity index (χ1n) is 3.67. The van der Waals surface area contributed by atoms with Crippen molar-refractivity contribution in [2.75, 3.05) is 5.33 Å². The highest BCUT2D eigenvalue weighted by atomic mass is 79.9. The summed E-state index contributed by atoms with van der Waals surface area (Å²) < 4.78 is 0. The van der Waals surface area contributed by atoms with Crippen LogP contribution in [0.2, 0.25) is 0 Å². The maximum absolute atomic E-state index is 3.52. The third-order valence-electron chi connectivity index (χ3n) is 2.96. The van der Waals surface area contributed by atoms with E-state index in [0.29, 0.717) is 5.41 Å². The Morgan fingerprint density at radius 1 is 1.67 bits per heavy atom. The number of rotatable bonds is 2. The molecule has 1 fully saturated rings. The van der Waals surface area contributed by atoms with Gasteiger partial charge in [0.15, 0.2) is 0 Å². The minimum Gasteiger partial charge on any atom is -0.0925 e. The fraction of sp³-hybridized carbons (Fsp3) is 1.00. The molecule has 0 bridgehead atoms. The molecule has 1 saturated carbocycles. The van der Waals surface area contributed by atoms with Crippen molar-refractivity contribution in [2.45, 2.75) is 27.2 Å². The summed E-state index contributed by atoms with van der Waals surface area (Å²) in [7, 11) is 0. The molecule has 1 heteroatoms. The van der Waals surface area contributed by atoms with Crippen molar-refractivity contribution in [2.24, 2.45) is 17.3 Å². The molecule has 0 saturated heterocycles. The van der Waals surface area contributed by atoms with Crippen molar-refractivity contribution < 1.29 is 0 Å². The van der Waals surface area contributed by atoms with E-state index in [0.717, 1.165) is 11.8 Å². The van der Waals surface area contributed by atoms with Crippen LogP contribution in [0, 0.1) is 17.3 Å². The quantitative estimate of drug-likeness (QED) is 0.588. The first kappa shape index (κ1) is 7.59. The topological polar surface area (TPSA) is 0 Å². The van der Waals surface area contributed by atoms with Crippen LogP contribution >= 0.6 is 15.9 Å². The van der Waals surface area contributed by atoms with Crippen LogP contribution < -0.4 is 0 Å². The summed E-state index contributed by atoms with van der Waals surface area (Å²) in [5, 5.41) is 1.20. The van der Waals surface area contributed by atoms with Gasteiger partial charge >= 0.3 is 0 Å². The van der Waals surface area contributed by atoms with Gasteiger partial charge in [-0.05, 0) is 23.7 Å². The average molecular weight is 191 g/mol. The molecule has 54 valence electrons. The molecular weight excluding hydrogens is 176 g/mol. The van der Waals surface area contributed by atoms with Gasteiger partial charge in [-0.3, -0.25) is 0 Å². The molecule has 0 aliphatic heterocycles. The molecule has 9 heavy (non-hydrogen) atoms. The van der Waals surface area contributed by atoms with Gasteiger partial charge in [0.2, 0.25) is 0 Å². The first-order valence-corrected chi connectivity index (χ1v) is 4.79. The summed E-state index contributed by atoms with van der Waals surface area (Å²) in [6.07, 6.45) is 1.43. The Balaban J connectivity index is 2.42. The van der Waals surface area contributed by atoms with E-state index in [4.69, 9.17) is 0 Å². The van der Waals surface area contributed by atoms with Crippen LogP contribution in [0.1, 0.15) is 27.2 Å². The Bertz CT molecular complexity index is 109. The third-order valence-corrected chi connectivity index (χ3v) is 3.75. The van der Waals surface area contributed by atoms with Crippen molar-refractivity contribution >= 4 is 15.9 Å². The van der Waals surface area contributed by atoms with Gasteiger partial charge in [-0.2, -0.15) is 0 Å². The highest BCUT2D eigenvalue weighted by molar-refractivity contribution is 9.09. The lowest BCUT2D eigenvalue weighted by Crippen LogP contribution is -2.07. The molecule has 0 spiro atoms. The molecule has 1 rings (SSSR count). The van der Waals surface area contributed by atoms with E-state index in [2.05, 4.69) is 36.7 Å². The van der Waals surface area contributed by atoms with Gasteiger partial charge < -0.3 is 0 Å². The third kappa shape index (κ3) is 1.17. The van der Waals surface area contributed by atoms with Gasteiger partial charge in [0.05, 0.1) is 0 Å². The lowest BCUT2D eigenvalue weighted by Gasteiger charge is -2.13. The Labute approximate surface area is 66.2 Å². The molecule has 1 aliphatic carbocycles. The molecule has 0 amide bonds. The maximum atomic E-state index is 3.52. The highest BCUT2D eigenvalue weighted by Crippen LogP contribution is 2.57. The van der Waals surface area contributed by atoms with Crippen molar-refractivity contribution in [3.05, 3.63) is 0 Å². The van der Waals surface area contributed by atoms with E-state index in [-0.39, 0.29) is 0 Å². The van der Waals surface area contributed by atoms with Gasteiger partial charge in [0.1, 0.15) is 0 Å². The van der Waals surface area contributed by atoms with E-state index in [1.54, 1.807) is 0 Å². The fourth-order valence-corrected chi connectivity index (χ4v) is 2.38. The van der Waals surface area contributed by atoms with Crippen molar-refractivity contribution in [1.29, 1.82) is 0 Å². The lowest BCUT2D eigenvalue weighted by molar-refractivity contribution is 0.368. The van der Waals surface area contributed by atoms with E-state index >= 15 is 0 Å². The number of hydrogen-bond donors (Lipinski definition) is 0. The summed E-state index contributed by atoms with van der Waals surface area (Å²) in [6.45, 7) is 7.04. The van der Waals surface area contributed by atoms with Gasteiger partial charge in [0.25, 0.3) is 0 Å². The van der Waals surface area contributed by atoms with Crippen LogP contribution in [-0.2, 0) is 0 Å². The molecule has 2 unspecified atom stereocenters. The second-order valence-corrected chi connectivity index (χ2v) is 4.36. The Morgan fingerprint density at radius 2 is 2.22 bits per heavy atom. The van der Waals surface area contributed by atoms with Crippen LogP contribution in [0.5, 0.6) is 0 Å². The fourth-order valence-electron chi connectivity index (χ4n) is 1.41. The highest BCUT2D eigenvalue weighted by Gasteiger charge is 2.50. The summed E-state index contributed by atoms with van der Waals surface area (Å²) in [6, 6.07) is 0. The van der Waals surface area contributed by atoms with Crippen LogP contribution in [0.3, 0.4) is 0 Å². The second-order valence-electron chi connectivity index (χ2n) is 3.72. The Kier molecular flexibility index (Phi) is 1.91. The predicted molar refractivity (Wildman–Crippen MR) is 44.8 cm³/mol. The van der Waals surface area contributed by atoms with Crippen LogP contribution in [-0.4, -0.2) is 5.33 Å². The molecular formula is C8H15Br. The zero-order chi connectivity index (χ0) is 7.07. The molecule has 0 aromatic rings. The van der Waals surface area contributed by atoms with Crippen molar-refractivity contribution in [3.63, 3.8) is 0 Å². The normalized spacial score (nSPS) is 41.7. The van der Waals surface area contributed by atoms with E-state index in [1.165, 1.54) is 11.8 Å². The molecule has 1 aliphatic rings. The standard InChI is InChI=1S/C8H15Br/c1-6(2)8(3)4-7(8)5-9/h6-7H,4-5H2,1-3H3. The van der Waals surface area contributed by atoms with Crippen molar-refractivity contribution in [3.8, 4) is 0 Å². The van der Waals surface area contributed by atoms with Crippen LogP contribution in [0.25, 0.3) is 0 Å². The SMILES string of the molecule is CC(C)C1(C)CC1CBr. The van der Waals surface area contributed by atoms with Crippen LogP contribution in [0.4, 0.5) is 0 Å². The Morgan fingerprint density at radius 3 is 2.33 bits per heavy atom. The predicted octanol–water partition coefficient (Wildman–Crippen LogP) is 3.06. The first-order chi connectivity index (χ1) is 4.11. The number of alkyl halides is 1. The number of hydrogen-bond acceptors (Lipinski definition) is 0. The lowest BCUT2D eigenvalue weighted by atomic mass is 9.93. The van der Waals surface area contributed by atoms with Gasteiger partial charge in [0, 0.05) is 5.33 Å². The number of halogens is 1. The minimum absolute atomic E-state index is 0.670. The second kappa shape index (κ2) is 2.26. The Hall–Kier alpha value is 0.480. The minimum atomic E-state index is 0.670. The molecule has 0 aromatic heterocycles. The molecule has 0 aromatic carbocycles. The molecule has 2 atom stereocenters. The summed E-state index contributed by atoms with van der Waals surface area (Å²) in [5.74, 6) is 1.82. The zero-order valence-corrected chi connectivity index (χ0v) is 8.03. The molecule has 0 heterocycles.